The highest BCUT2D eigenvalue weighted by atomic mass is 32.1. The van der Waals surface area contributed by atoms with Crippen molar-refractivity contribution in [2.75, 3.05) is 0 Å². The van der Waals surface area contributed by atoms with Gasteiger partial charge in [0.2, 0.25) is 0 Å². The summed E-state index contributed by atoms with van der Waals surface area (Å²) in [6, 6.07) is 14.0. The predicted molar refractivity (Wildman–Crippen MR) is 101 cm³/mol. The zero-order valence-corrected chi connectivity index (χ0v) is 14.7. The summed E-state index contributed by atoms with van der Waals surface area (Å²) in [7, 11) is 0. The second kappa shape index (κ2) is 5.96. The minimum absolute atomic E-state index is 0.0421. The Hall–Kier alpha value is -2.31. The van der Waals surface area contributed by atoms with Crippen molar-refractivity contribution in [1.82, 2.24) is 14.5 Å². The highest BCUT2D eigenvalue weighted by Crippen LogP contribution is 2.28. The molecule has 4 nitrogen and oxygen atoms in total. The first-order valence-electron chi connectivity index (χ1n) is 7.70. The molecule has 0 saturated heterocycles. The number of fused-ring (bicyclic) bond motifs is 3. The second-order valence-electron chi connectivity index (χ2n) is 5.82. The first-order chi connectivity index (χ1) is 11.6. The van der Waals surface area contributed by atoms with Crippen molar-refractivity contribution in [3.8, 4) is 0 Å². The van der Waals surface area contributed by atoms with Gasteiger partial charge in [0.25, 0.3) is 5.56 Å². The van der Waals surface area contributed by atoms with Gasteiger partial charge in [-0.15, -0.1) is 11.3 Å². The summed E-state index contributed by atoms with van der Waals surface area (Å²) in [4.78, 5) is 21.4. The number of H-pyrrole nitrogens is 1. The fraction of sp³-hybridized carbons (Fsp3) is 0.167. The molecule has 0 aliphatic heterocycles. The molecule has 1 aromatic carbocycles. The lowest BCUT2D eigenvalue weighted by molar-refractivity contribution is 0.570. The zero-order chi connectivity index (χ0) is 16.7. The number of aromatic amines is 1. The van der Waals surface area contributed by atoms with Crippen LogP contribution in [0.5, 0.6) is 0 Å². The van der Waals surface area contributed by atoms with E-state index in [4.69, 9.17) is 12.2 Å². The minimum Gasteiger partial charge on any atom is -0.330 e. The number of benzene rings is 1. The fourth-order valence-electron chi connectivity index (χ4n) is 2.92. The van der Waals surface area contributed by atoms with Crippen molar-refractivity contribution in [3.63, 3.8) is 0 Å². The third kappa shape index (κ3) is 2.48. The van der Waals surface area contributed by atoms with Crippen LogP contribution in [0.15, 0.2) is 53.5 Å². The van der Waals surface area contributed by atoms with Crippen LogP contribution >= 0.6 is 23.6 Å². The van der Waals surface area contributed by atoms with Gasteiger partial charge >= 0.3 is 0 Å². The molecule has 0 radical (unpaired) electrons. The summed E-state index contributed by atoms with van der Waals surface area (Å²) in [5.41, 5.74) is 1.94. The lowest BCUT2D eigenvalue weighted by atomic mass is 10.0. The average molecular weight is 353 g/mol. The highest BCUT2D eigenvalue weighted by molar-refractivity contribution is 7.71. The van der Waals surface area contributed by atoms with Crippen molar-refractivity contribution >= 4 is 44.0 Å². The lowest BCUT2D eigenvalue weighted by Gasteiger charge is -2.14. The maximum atomic E-state index is 12.9. The molecule has 0 amide bonds. The van der Waals surface area contributed by atoms with Crippen LogP contribution in [-0.2, 0) is 6.54 Å². The van der Waals surface area contributed by atoms with Gasteiger partial charge in [-0.3, -0.25) is 9.36 Å². The Labute approximate surface area is 147 Å². The van der Waals surface area contributed by atoms with E-state index in [9.17, 15) is 4.79 Å². The Balaban J connectivity index is 1.86. The SMILES string of the molecule is CC(Cn1c(=S)[nH]c2c(sc3ncccc32)c1=O)c1ccccc1. The topological polar surface area (TPSA) is 50.7 Å². The number of nitrogens with one attached hydrogen (secondary N) is 1. The van der Waals surface area contributed by atoms with Crippen molar-refractivity contribution < 1.29 is 0 Å². The van der Waals surface area contributed by atoms with Gasteiger partial charge in [-0.2, -0.15) is 0 Å². The molecule has 3 heterocycles. The normalized spacial score (nSPS) is 12.7. The van der Waals surface area contributed by atoms with Crippen LogP contribution in [0.4, 0.5) is 0 Å². The Morgan fingerprint density at radius 3 is 2.83 bits per heavy atom. The molecule has 1 N–H and O–H groups in total. The second-order valence-corrected chi connectivity index (χ2v) is 7.21. The first kappa shape index (κ1) is 15.2. The standard InChI is InChI=1S/C18H15N3OS2/c1-11(12-6-3-2-4-7-12)10-21-17(22)15-14(20-18(21)23)13-8-5-9-19-16(13)24-15/h2-9,11H,10H2,1H3,(H,20,23). The van der Waals surface area contributed by atoms with Gasteiger partial charge in [-0.05, 0) is 35.8 Å². The summed E-state index contributed by atoms with van der Waals surface area (Å²) < 4.78 is 2.79. The fourth-order valence-corrected chi connectivity index (χ4v) is 4.23. The molecule has 0 fully saturated rings. The summed E-state index contributed by atoms with van der Waals surface area (Å²) in [6.45, 7) is 2.66. The molecule has 0 aliphatic rings. The highest BCUT2D eigenvalue weighted by Gasteiger charge is 2.14. The van der Waals surface area contributed by atoms with E-state index in [1.165, 1.54) is 16.9 Å². The van der Waals surface area contributed by atoms with Crippen molar-refractivity contribution in [1.29, 1.82) is 0 Å². The molecule has 120 valence electrons. The van der Waals surface area contributed by atoms with E-state index >= 15 is 0 Å². The molecule has 3 aromatic heterocycles. The number of rotatable bonds is 3. The largest absolute Gasteiger partial charge is 0.330 e. The monoisotopic (exact) mass is 353 g/mol. The molecule has 0 bridgehead atoms. The first-order valence-corrected chi connectivity index (χ1v) is 8.93. The van der Waals surface area contributed by atoms with E-state index in [-0.39, 0.29) is 11.5 Å². The van der Waals surface area contributed by atoms with Crippen LogP contribution in [0, 0.1) is 4.77 Å². The van der Waals surface area contributed by atoms with E-state index in [1.807, 2.05) is 30.3 Å². The third-order valence-corrected chi connectivity index (χ3v) is 5.63. The van der Waals surface area contributed by atoms with Crippen LogP contribution in [0.2, 0.25) is 0 Å². The van der Waals surface area contributed by atoms with Crippen LogP contribution in [0.25, 0.3) is 20.4 Å². The smallest absolute Gasteiger partial charge is 0.272 e. The van der Waals surface area contributed by atoms with E-state index in [2.05, 4.69) is 29.0 Å². The summed E-state index contributed by atoms with van der Waals surface area (Å²) in [5.74, 6) is 0.198. The quantitative estimate of drug-likeness (QED) is 0.553. The van der Waals surface area contributed by atoms with Crippen molar-refractivity contribution in [2.45, 2.75) is 19.4 Å². The molecule has 6 heteroatoms. The molecule has 0 saturated carbocycles. The Morgan fingerprint density at radius 1 is 1.25 bits per heavy atom. The predicted octanol–water partition coefficient (Wildman–Crippen LogP) is 4.47. The molecule has 1 unspecified atom stereocenters. The Bertz CT molecular complexity index is 1140. The number of thiophene rings is 1. The number of pyridine rings is 1. The van der Waals surface area contributed by atoms with Gasteiger partial charge in [0.15, 0.2) is 4.77 Å². The maximum absolute atomic E-state index is 12.9. The molecule has 0 spiro atoms. The molecule has 1 atom stereocenters. The van der Waals surface area contributed by atoms with E-state index in [0.717, 1.165) is 15.7 Å². The minimum atomic E-state index is -0.0421. The lowest BCUT2D eigenvalue weighted by Crippen LogP contribution is -2.23. The number of hydrogen-bond acceptors (Lipinski definition) is 4. The van der Waals surface area contributed by atoms with Gasteiger partial charge < -0.3 is 4.98 Å². The molecular weight excluding hydrogens is 338 g/mol. The van der Waals surface area contributed by atoms with Gasteiger partial charge in [-0.1, -0.05) is 37.3 Å². The van der Waals surface area contributed by atoms with Gasteiger partial charge in [0.1, 0.15) is 9.53 Å². The van der Waals surface area contributed by atoms with Crippen LogP contribution < -0.4 is 5.56 Å². The number of aromatic nitrogens is 3. The number of nitrogens with zero attached hydrogens (tertiary/aromatic N) is 2. The number of hydrogen-bond donors (Lipinski definition) is 1. The zero-order valence-electron chi connectivity index (χ0n) is 13.0. The van der Waals surface area contributed by atoms with Crippen LogP contribution in [0.3, 0.4) is 0 Å². The summed E-state index contributed by atoms with van der Waals surface area (Å²) >= 11 is 6.87. The van der Waals surface area contributed by atoms with E-state index < -0.39 is 0 Å². The average Bonchev–Trinajstić information content (AvgIpc) is 2.98. The maximum Gasteiger partial charge on any atom is 0.272 e. The van der Waals surface area contributed by atoms with E-state index in [1.54, 1.807) is 10.8 Å². The van der Waals surface area contributed by atoms with Gasteiger partial charge in [-0.25, -0.2) is 4.98 Å². The van der Waals surface area contributed by atoms with Crippen molar-refractivity contribution in [2.24, 2.45) is 0 Å². The Morgan fingerprint density at radius 2 is 2.04 bits per heavy atom. The Kier molecular flexibility index (Phi) is 3.78. The molecule has 4 rings (SSSR count). The van der Waals surface area contributed by atoms with Gasteiger partial charge in [0.05, 0.1) is 5.52 Å². The summed E-state index contributed by atoms with van der Waals surface area (Å²) in [6.07, 6.45) is 1.74. The molecule has 24 heavy (non-hydrogen) atoms. The van der Waals surface area contributed by atoms with Crippen LogP contribution in [0.1, 0.15) is 18.4 Å². The molecule has 4 aromatic rings. The van der Waals surface area contributed by atoms with E-state index in [0.29, 0.717) is 16.0 Å². The van der Waals surface area contributed by atoms with Gasteiger partial charge in [0, 0.05) is 18.1 Å². The van der Waals surface area contributed by atoms with Crippen molar-refractivity contribution in [3.05, 3.63) is 69.3 Å². The third-order valence-electron chi connectivity index (χ3n) is 4.21. The molecular formula is C18H15N3OS2. The summed E-state index contributed by atoms with van der Waals surface area (Å²) in [5, 5.41) is 0.948. The molecule has 0 aliphatic carbocycles. The van der Waals surface area contributed by atoms with Crippen LogP contribution in [-0.4, -0.2) is 14.5 Å².